The molecule has 2 N–H and O–H groups in total. The number of rotatable bonds is 6. The second kappa shape index (κ2) is 8.93. The molecule has 0 heterocycles. The van der Waals surface area contributed by atoms with Crippen LogP contribution in [-0.2, 0) is 4.79 Å². The summed E-state index contributed by atoms with van der Waals surface area (Å²) in [6, 6.07) is 13.6. The summed E-state index contributed by atoms with van der Waals surface area (Å²) in [5, 5.41) is 5.05. The minimum atomic E-state index is -0.319. The number of benzene rings is 2. The monoisotopic (exact) mass is 338 g/mol. The Hall–Kier alpha value is -2.54. The molecule has 0 atom stereocenters. The van der Waals surface area contributed by atoms with Crippen LogP contribution in [0.5, 0.6) is 0 Å². The van der Waals surface area contributed by atoms with E-state index in [4.69, 9.17) is 7.85 Å². The molecule has 2 radical (unpaired) electrons. The van der Waals surface area contributed by atoms with E-state index in [1.807, 2.05) is 0 Å². The summed E-state index contributed by atoms with van der Waals surface area (Å²) in [6.45, 7) is 0.263. The first-order valence-electron chi connectivity index (χ1n) is 7.25. The smallest absolute Gasteiger partial charge is 0.288 e. The summed E-state index contributed by atoms with van der Waals surface area (Å²) in [5.74, 6) is -0.319. The van der Waals surface area contributed by atoms with Crippen LogP contribution in [0.25, 0.3) is 0 Å². The normalized spacial score (nSPS) is 10.0. The first kappa shape index (κ1) is 17.8. The van der Waals surface area contributed by atoms with Crippen molar-refractivity contribution in [2.45, 2.75) is 11.3 Å². The molecule has 0 spiro atoms. The van der Waals surface area contributed by atoms with Crippen molar-refractivity contribution in [3.05, 3.63) is 54.1 Å². The van der Waals surface area contributed by atoms with E-state index in [-0.39, 0.29) is 24.1 Å². The van der Waals surface area contributed by atoms with Crippen LogP contribution >= 0.6 is 11.8 Å². The van der Waals surface area contributed by atoms with Crippen LogP contribution in [0.4, 0.5) is 10.5 Å². The van der Waals surface area contributed by atoms with Crippen molar-refractivity contribution in [3.8, 4) is 0 Å². The molecule has 24 heavy (non-hydrogen) atoms. The van der Waals surface area contributed by atoms with Gasteiger partial charge in [-0.2, -0.15) is 0 Å². The van der Waals surface area contributed by atoms with E-state index < -0.39 is 0 Å². The van der Waals surface area contributed by atoms with E-state index in [0.717, 1.165) is 18.0 Å². The van der Waals surface area contributed by atoms with Gasteiger partial charge in [0.2, 0.25) is 0 Å². The molecule has 0 aromatic heterocycles. The van der Waals surface area contributed by atoms with Crippen molar-refractivity contribution in [3.63, 3.8) is 0 Å². The number of hydrogen-bond acceptors (Lipinski definition) is 4. The molecule has 2 rings (SSSR count). The van der Waals surface area contributed by atoms with Gasteiger partial charge in [0, 0.05) is 23.5 Å². The number of anilines is 1. The third kappa shape index (κ3) is 5.28. The molecule has 2 aromatic carbocycles. The maximum atomic E-state index is 12.1. The van der Waals surface area contributed by atoms with Crippen molar-refractivity contribution < 1.29 is 14.4 Å². The largest absolute Gasteiger partial charge is 0.352 e. The van der Waals surface area contributed by atoms with Gasteiger partial charge < -0.3 is 15.4 Å². The quantitative estimate of drug-likeness (QED) is 0.366. The first-order chi connectivity index (χ1) is 11.6. The van der Waals surface area contributed by atoms with Gasteiger partial charge in [0.15, 0.2) is 0 Å². The maximum absolute atomic E-state index is 12.1. The zero-order chi connectivity index (χ0) is 17.4. The van der Waals surface area contributed by atoms with E-state index in [2.05, 4.69) is 10.6 Å². The summed E-state index contributed by atoms with van der Waals surface area (Å²) < 4.78 is 0. The molecule has 0 aliphatic carbocycles. The fourth-order valence-electron chi connectivity index (χ4n) is 1.89. The SMILES string of the molecule is [B]c1ccc(NC(=O)Sc2ccccc2C(=O)NCCC=O)cc1. The van der Waals surface area contributed by atoms with Gasteiger partial charge >= 0.3 is 0 Å². The molecule has 0 aliphatic rings. The van der Waals surface area contributed by atoms with Crippen molar-refractivity contribution >= 4 is 48.2 Å². The van der Waals surface area contributed by atoms with Crippen molar-refractivity contribution in [1.82, 2.24) is 5.32 Å². The van der Waals surface area contributed by atoms with Crippen molar-refractivity contribution in [1.29, 1.82) is 0 Å². The second-order valence-corrected chi connectivity index (χ2v) is 5.86. The van der Waals surface area contributed by atoms with E-state index in [1.165, 1.54) is 0 Å². The van der Waals surface area contributed by atoms with Gasteiger partial charge in [-0.1, -0.05) is 29.7 Å². The Balaban J connectivity index is 2.03. The Labute approximate surface area is 145 Å². The third-order valence-electron chi connectivity index (χ3n) is 3.04. The number of amides is 2. The molecule has 0 bridgehead atoms. The average molecular weight is 338 g/mol. The lowest BCUT2D eigenvalue weighted by Gasteiger charge is -2.09. The predicted octanol–water partition coefficient (Wildman–Crippen LogP) is 2.12. The van der Waals surface area contributed by atoms with Gasteiger partial charge in [-0.05, 0) is 36.0 Å². The highest BCUT2D eigenvalue weighted by molar-refractivity contribution is 8.14. The average Bonchev–Trinajstić information content (AvgIpc) is 2.57. The first-order valence-corrected chi connectivity index (χ1v) is 8.07. The topological polar surface area (TPSA) is 75.3 Å². The second-order valence-electron chi connectivity index (χ2n) is 4.84. The summed E-state index contributed by atoms with van der Waals surface area (Å²) in [6.07, 6.45) is 0.986. The predicted molar refractivity (Wildman–Crippen MR) is 96.2 cm³/mol. The van der Waals surface area contributed by atoms with Gasteiger partial charge in [-0.15, -0.1) is 0 Å². The van der Waals surface area contributed by atoms with E-state index >= 15 is 0 Å². The highest BCUT2D eigenvalue weighted by Gasteiger charge is 2.14. The highest BCUT2D eigenvalue weighted by atomic mass is 32.2. The Morgan fingerprint density at radius 1 is 1.08 bits per heavy atom. The molecule has 0 aliphatic heterocycles. The number of carbonyl (C=O) groups is 3. The molecule has 2 amide bonds. The number of nitrogens with one attached hydrogen (secondary N) is 2. The van der Waals surface area contributed by atoms with Crippen LogP contribution in [0.2, 0.25) is 0 Å². The van der Waals surface area contributed by atoms with Gasteiger partial charge in [0.1, 0.15) is 14.1 Å². The van der Waals surface area contributed by atoms with E-state index in [9.17, 15) is 14.4 Å². The number of carbonyl (C=O) groups excluding carboxylic acids is 3. The van der Waals surface area contributed by atoms with Gasteiger partial charge in [-0.25, -0.2) is 0 Å². The third-order valence-corrected chi connectivity index (χ3v) is 3.90. The maximum Gasteiger partial charge on any atom is 0.288 e. The summed E-state index contributed by atoms with van der Waals surface area (Å²) >= 11 is 0.925. The lowest BCUT2D eigenvalue weighted by Crippen LogP contribution is -2.25. The number of thioether (sulfide) groups is 1. The molecular formula is C17H15BN2O3S. The van der Waals surface area contributed by atoms with Crippen LogP contribution < -0.4 is 16.1 Å². The lowest BCUT2D eigenvalue weighted by molar-refractivity contribution is -0.107. The van der Waals surface area contributed by atoms with Crippen molar-refractivity contribution in [2.75, 3.05) is 11.9 Å². The van der Waals surface area contributed by atoms with Crippen LogP contribution in [-0.4, -0.2) is 31.8 Å². The summed E-state index contributed by atoms with van der Waals surface area (Å²) in [7, 11) is 5.60. The summed E-state index contributed by atoms with van der Waals surface area (Å²) in [4.78, 5) is 35.1. The molecule has 5 nitrogen and oxygen atoms in total. The number of hydrogen-bond donors (Lipinski definition) is 2. The van der Waals surface area contributed by atoms with Gasteiger partial charge in [0.05, 0.1) is 5.56 Å². The molecule has 120 valence electrons. The standard InChI is InChI=1S/C17H15BN2O3S/c18-12-6-8-13(9-7-12)20-17(23)24-15-5-2-1-4-14(15)16(22)19-10-3-11-21/h1-2,4-9,11H,3,10H2,(H,19,22)(H,20,23). The Bertz CT molecular complexity index is 735. The lowest BCUT2D eigenvalue weighted by atomic mass is 9.96. The van der Waals surface area contributed by atoms with Crippen LogP contribution in [0.3, 0.4) is 0 Å². The number of aldehydes is 1. The molecule has 0 saturated heterocycles. The van der Waals surface area contributed by atoms with E-state index in [1.54, 1.807) is 48.5 Å². The molecule has 0 saturated carbocycles. The minimum absolute atomic E-state index is 0.249. The van der Waals surface area contributed by atoms with Gasteiger partial charge in [0.25, 0.3) is 11.1 Å². The molecule has 7 heteroatoms. The molecule has 0 fully saturated rings. The molecule has 2 aromatic rings. The highest BCUT2D eigenvalue weighted by Crippen LogP contribution is 2.24. The Morgan fingerprint density at radius 3 is 2.50 bits per heavy atom. The molecular weight excluding hydrogens is 323 g/mol. The Kier molecular flexibility index (Phi) is 6.63. The van der Waals surface area contributed by atoms with Crippen LogP contribution in [0.1, 0.15) is 16.8 Å². The Morgan fingerprint density at radius 2 is 1.79 bits per heavy atom. The fourth-order valence-corrected chi connectivity index (χ4v) is 2.68. The van der Waals surface area contributed by atoms with Crippen LogP contribution in [0, 0.1) is 0 Å². The van der Waals surface area contributed by atoms with Crippen LogP contribution in [0.15, 0.2) is 53.4 Å². The van der Waals surface area contributed by atoms with Crippen molar-refractivity contribution in [2.24, 2.45) is 0 Å². The molecule has 0 unspecified atom stereocenters. The van der Waals surface area contributed by atoms with Gasteiger partial charge in [-0.3, -0.25) is 9.59 Å². The zero-order valence-electron chi connectivity index (χ0n) is 12.8. The minimum Gasteiger partial charge on any atom is -0.352 e. The summed E-state index contributed by atoms with van der Waals surface area (Å²) in [5.41, 5.74) is 1.62. The van der Waals surface area contributed by atoms with E-state index in [0.29, 0.717) is 21.6 Å². The fraction of sp³-hybridized carbons (Fsp3) is 0.118. The zero-order valence-corrected chi connectivity index (χ0v) is 13.6.